The first-order valence-corrected chi connectivity index (χ1v) is 15.0. The van der Waals surface area contributed by atoms with Crippen LogP contribution in [0.5, 0.6) is 0 Å². The zero-order valence-electron chi connectivity index (χ0n) is 24.9. The molecule has 3 aromatic rings. The Labute approximate surface area is 244 Å². The minimum atomic E-state index is -0.000884. The van der Waals surface area contributed by atoms with Crippen molar-refractivity contribution in [3.8, 4) is 0 Å². The minimum Gasteiger partial charge on any atom is -0.365 e. The number of amides is 1. The summed E-state index contributed by atoms with van der Waals surface area (Å²) in [7, 11) is 2.19. The summed E-state index contributed by atoms with van der Waals surface area (Å²) in [4.78, 5) is 32.1. The average molecular weight is 551 g/mol. The van der Waals surface area contributed by atoms with E-state index < -0.39 is 0 Å². The largest absolute Gasteiger partial charge is 0.365 e. The van der Waals surface area contributed by atoms with Gasteiger partial charge in [-0.15, -0.1) is 0 Å². The average Bonchev–Trinajstić information content (AvgIpc) is 3.40. The van der Waals surface area contributed by atoms with Gasteiger partial charge in [0.2, 0.25) is 5.91 Å². The highest BCUT2D eigenvalue weighted by Crippen LogP contribution is 2.36. The van der Waals surface area contributed by atoms with E-state index in [1.165, 1.54) is 46.5 Å². The van der Waals surface area contributed by atoms with Crippen LogP contribution in [0.3, 0.4) is 0 Å². The second kappa shape index (κ2) is 11.3. The van der Waals surface area contributed by atoms with Gasteiger partial charge in [-0.3, -0.25) is 9.69 Å². The number of carbonyl (C=O) groups excluding carboxylic acids is 1. The summed E-state index contributed by atoms with van der Waals surface area (Å²) in [5.74, 6) is 1.81. The molecule has 7 heteroatoms. The molecule has 0 spiro atoms. The van der Waals surface area contributed by atoms with Gasteiger partial charge in [-0.2, -0.15) is 0 Å². The first-order valence-electron chi connectivity index (χ1n) is 15.0. The Balaban J connectivity index is 1.38. The van der Waals surface area contributed by atoms with Crippen molar-refractivity contribution in [3.05, 3.63) is 77.8 Å². The highest BCUT2D eigenvalue weighted by molar-refractivity contribution is 5.97. The van der Waals surface area contributed by atoms with E-state index in [0.29, 0.717) is 12.6 Å². The van der Waals surface area contributed by atoms with Crippen LogP contribution in [0.1, 0.15) is 49.3 Å². The number of aromatic nitrogens is 2. The zero-order valence-corrected chi connectivity index (χ0v) is 24.9. The second-order valence-electron chi connectivity index (χ2n) is 12.0. The number of likely N-dealkylation sites (tertiary alicyclic amines) is 1. The SMILES string of the molecule is C=CC(=O)N1C[C@H](C)N(c2nc(/C=C/C3CCCN3C)nc3c2CCN(c2cccc4cccc(C)c24)C3)C[C@H]1C. The third-order valence-corrected chi connectivity index (χ3v) is 9.25. The van der Waals surface area contributed by atoms with Gasteiger partial charge in [0, 0.05) is 54.4 Å². The molecule has 2 saturated heterocycles. The van der Waals surface area contributed by atoms with Crippen molar-refractivity contribution >= 4 is 34.3 Å². The van der Waals surface area contributed by atoms with Crippen molar-refractivity contribution in [1.29, 1.82) is 0 Å². The van der Waals surface area contributed by atoms with Crippen molar-refractivity contribution < 1.29 is 4.79 Å². The molecule has 2 fully saturated rings. The first kappa shape index (κ1) is 27.5. The highest BCUT2D eigenvalue weighted by Gasteiger charge is 2.35. The lowest BCUT2D eigenvalue weighted by Crippen LogP contribution is -2.58. The molecular formula is C34H42N6O. The van der Waals surface area contributed by atoms with E-state index in [2.05, 4.69) is 97.6 Å². The van der Waals surface area contributed by atoms with Crippen molar-refractivity contribution in [2.75, 3.05) is 43.0 Å². The van der Waals surface area contributed by atoms with Crippen molar-refractivity contribution in [2.45, 2.75) is 64.7 Å². The van der Waals surface area contributed by atoms with E-state index in [9.17, 15) is 4.79 Å². The molecule has 0 N–H and O–H groups in total. The van der Waals surface area contributed by atoms with Crippen molar-refractivity contribution in [1.82, 2.24) is 19.8 Å². The van der Waals surface area contributed by atoms with Gasteiger partial charge in [0.1, 0.15) is 5.82 Å². The molecule has 214 valence electrons. The summed E-state index contributed by atoms with van der Waals surface area (Å²) in [5.41, 5.74) is 4.92. The lowest BCUT2D eigenvalue weighted by Gasteiger charge is -2.45. The predicted molar refractivity (Wildman–Crippen MR) is 168 cm³/mol. The van der Waals surface area contributed by atoms with E-state index in [4.69, 9.17) is 9.97 Å². The third kappa shape index (κ3) is 5.23. The van der Waals surface area contributed by atoms with Gasteiger partial charge in [0.05, 0.1) is 12.2 Å². The van der Waals surface area contributed by atoms with Crippen LogP contribution in [0.25, 0.3) is 16.8 Å². The number of anilines is 2. The van der Waals surface area contributed by atoms with Crippen LogP contribution in [-0.2, 0) is 17.8 Å². The normalized spacial score (nSPS) is 23.4. The molecule has 0 aliphatic carbocycles. The molecule has 7 nitrogen and oxygen atoms in total. The maximum atomic E-state index is 12.5. The Morgan fingerprint density at radius 2 is 1.85 bits per heavy atom. The molecule has 0 bridgehead atoms. The molecule has 41 heavy (non-hydrogen) atoms. The van der Waals surface area contributed by atoms with Crippen LogP contribution in [0.2, 0.25) is 0 Å². The third-order valence-electron chi connectivity index (χ3n) is 9.25. The molecule has 4 heterocycles. The molecule has 3 aliphatic rings. The Morgan fingerprint density at radius 3 is 2.61 bits per heavy atom. The number of hydrogen-bond acceptors (Lipinski definition) is 6. The van der Waals surface area contributed by atoms with Gasteiger partial charge in [-0.1, -0.05) is 43.0 Å². The molecule has 3 atom stereocenters. The fraction of sp³-hybridized carbons (Fsp3) is 0.441. The summed E-state index contributed by atoms with van der Waals surface area (Å²) in [5, 5.41) is 2.60. The Morgan fingerprint density at radius 1 is 1.05 bits per heavy atom. The molecule has 0 saturated carbocycles. The number of hydrogen-bond donors (Lipinski definition) is 0. The lowest BCUT2D eigenvalue weighted by atomic mass is 9.99. The molecule has 1 aromatic heterocycles. The van der Waals surface area contributed by atoms with Crippen molar-refractivity contribution in [3.63, 3.8) is 0 Å². The summed E-state index contributed by atoms with van der Waals surface area (Å²) in [6, 6.07) is 13.8. The second-order valence-corrected chi connectivity index (χ2v) is 12.0. The first-order chi connectivity index (χ1) is 19.8. The number of carbonyl (C=O) groups is 1. The maximum absolute atomic E-state index is 12.5. The van der Waals surface area contributed by atoms with Gasteiger partial charge in [0.25, 0.3) is 0 Å². The number of piperazine rings is 1. The number of aryl methyl sites for hydroxylation is 1. The predicted octanol–water partition coefficient (Wildman–Crippen LogP) is 5.22. The molecule has 1 unspecified atom stereocenters. The molecule has 2 aromatic carbocycles. The number of nitrogens with zero attached hydrogens (tertiary/aromatic N) is 6. The highest BCUT2D eigenvalue weighted by atomic mass is 16.2. The van der Waals surface area contributed by atoms with E-state index in [0.717, 1.165) is 49.9 Å². The quantitative estimate of drug-likeness (QED) is 0.406. The van der Waals surface area contributed by atoms with E-state index in [1.54, 1.807) is 0 Å². The lowest BCUT2D eigenvalue weighted by molar-refractivity contribution is -0.128. The topological polar surface area (TPSA) is 55.8 Å². The Kier molecular flexibility index (Phi) is 7.56. The number of likely N-dealkylation sites (N-methyl/N-ethyl adjacent to an activating group) is 1. The number of fused-ring (bicyclic) bond motifs is 2. The van der Waals surface area contributed by atoms with Gasteiger partial charge in [-0.05, 0) is 82.8 Å². The fourth-order valence-electron chi connectivity index (χ4n) is 6.94. The van der Waals surface area contributed by atoms with Crippen LogP contribution in [-0.4, -0.2) is 77.0 Å². The zero-order chi connectivity index (χ0) is 28.7. The van der Waals surface area contributed by atoms with Crippen LogP contribution >= 0.6 is 0 Å². The summed E-state index contributed by atoms with van der Waals surface area (Å²) in [6.07, 6.45) is 9.12. The van der Waals surface area contributed by atoms with Crippen LogP contribution in [0, 0.1) is 6.92 Å². The molecule has 0 radical (unpaired) electrons. The maximum Gasteiger partial charge on any atom is 0.246 e. The van der Waals surface area contributed by atoms with E-state index in [1.807, 2.05) is 4.90 Å². The minimum absolute atomic E-state index is 0.000884. The smallest absolute Gasteiger partial charge is 0.246 e. The van der Waals surface area contributed by atoms with Crippen LogP contribution in [0.15, 0.2) is 55.1 Å². The summed E-state index contributed by atoms with van der Waals surface area (Å²) < 4.78 is 0. The van der Waals surface area contributed by atoms with E-state index in [-0.39, 0.29) is 18.0 Å². The summed E-state index contributed by atoms with van der Waals surface area (Å²) in [6.45, 7) is 14.4. The number of rotatable bonds is 5. The number of benzene rings is 2. The van der Waals surface area contributed by atoms with Crippen LogP contribution < -0.4 is 9.80 Å². The van der Waals surface area contributed by atoms with Gasteiger partial charge in [-0.25, -0.2) is 9.97 Å². The summed E-state index contributed by atoms with van der Waals surface area (Å²) >= 11 is 0. The van der Waals surface area contributed by atoms with E-state index >= 15 is 0 Å². The van der Waals surface area contributed by atoms with Gasteiger partial charge < -0.3 is 14.7 Å². The monoisotopic (exact) mass is 550 g/mol. The molecule has 3 aliphatic heterocycles. The fourth-order valence-corrected chi connectivity index (χ4v) is 6.94. The molecule has 6 rings (SSSR count). The standard InChI is InChI=1S/C34H42N6O/c1-6-32(41)39-20-25(4)40(21-24(39)3)34-28-17-19-38(30-14-8-12-26-11-7-10-23(2)33(26)30)22-29(28)35-31(36-34)16-15-27-13-9-18-37(27)5/h6-8,10-12,14-16,24-25,27H,1,9,13,17-22H2,2-5H3/b16-15+/t24-,25+,27?/m1/s1. The Hall–Kier alpha value is -3.71. The molecular weight excluding hydrogens is 508 g/mol. The Bertz CT molecular complexity index is 1490. The van der Waals surface area contributed by atoms with Gasteiger partial charge in [0.15, 0.2) is 5.82 Å². The van der Waals surface area contributed by atoms with Crippen molar-refractivity contribution in [2.24, 2.45) is 0 Å². The van der Waals surface area contributed by atoms with Crippen LogP contribution in [0.4, 0.5) is 11.5 Å². The van der Waals surface area contributed by atoms with Gasteiger partial charge >= 0.3 is 0 Å². The molecule has 1 amide bonds.